The molecule has 0 fully saturated rings. The molecular formula is C19H22N4O. The van der Waals surface area contributed by atoms with Crippen LogP contribution in [0.4, 0.5) is 5.69 Å². The summed E-state index contributed by atoms with van der Waals surface area (Å²) in [4.78, 5) is 16.5. The van der Waals surface area contributed by atoms with Crippen LogP contribution in [0.2, 0.25) is 0 Å². The summed E-state index contributed by atoms with van der Waals surface area (Å²) < 4.78 is 0. The number of pyridine rings is 1. The highest BCUT2D eigenvalue weighted by atomic mass is 16.1. The van der Waals surface area contributed by atoms with Crippen LogP contribution in [0, 0.1) is 5.92 Å². The Morgan fingerprint density at radius 1 is 1.42 bits per heavy atom. The van der Waals surface area contributed by atoms with Crippen LogP contribution >= 0.6 is 0 Å². The lowest BCUT2D eigenvalue weighted by atomic mass is 9.93. The molecule has 3 N–H and O–H groups in total. The molecule has 2 unspecified atom stereocenters. The van der Waals surface area contributed by atoms with Crippen LogP contribution in [0.3, 0.4) is 0 Å². The molecule has 2 heterocycles. The molecule has 124 valence electrons. The summed E-state index contributed by atoms with van der Waals surface area (Å²) in [5, 5.41) is 2.94. The Hall–Kier alpha value is -2.66. The van der Waals surface area contributed by atoms with Gasteiger partial charge >= 0.3 is 0 Å². The molecule has 1 aromatic heterocycles. The molecule has 0 aliphatic carbocycles. The van der Waals surface area contributed by atoms with Gasteiger partial charge in [-0.2, -0.15) is 0 Å². The number of carbonyl (C=O) groups is 1. The molecule has 24 heavy (non-hydrogen) atoms. The fraction of sp³-hybridized carbons (Fsp3) is 0.263. The number of benzene rings is 1. The summed E-state index contributed by atoms with van der Waals surface area (Å²) in [5.41, 5.74) is 10.3. The number of anilines is 1. The van der Waals surface area contributed by atoms with Crippen LogP contribution in [0.5, 0.6) is 0 Å². The topological polar surface area (TPSA) is 66.0 Å². The Morgan fingerprint density at radius 2 is 2.29 bits per heavy atom. The predicted molar refractivity (Wildman–Crippen MR) is 95.3 cm³/mol. The molecule has 5 nitrogen and oxygen atoms in total. The summed E-state index contributed by atoms with van der Waals surface area (Å²) in [5.74, 6) is 0.253. The molecule has 0 bridgehead atoms. The van der Waals surface area contributed by atoms with Gasteiger partial charge < -0.3 is 10.7 Å². The molecule has 1 aliphatic rings. The molecule has 1 aromatic carbocycles. The van der Waals surface area contributed by atoms with Gasteiger partial charge in [-0.1, -0.05) is 25.1 Å². The molecule has 5 heteroatoms. The van der Waals surface area contributed by atoms with E-state index in [1.165, 1.54) is 0 Å². The number of hydrogen-bond donors (Lipinski definition) is 3. The number of aromatic nitrogens is 1. The van der Waals surface area contributed by atoms with E-state index in [2.05, 4.69) is 40.2 Å². The van der Waals surface area contributed by atoms with Gasteiger partial charge in [-0.25, -0.2) is 5.43 Å². The van der Waals surface area contributed by atoms with Crippen molar-refractivity contribution in [3.05, 3.63) is 71.6 Å². The van der Waals surface area contributed by atoms with Gasteiger partial charge in [0.1, 0.15) is 0 Å². The SMILES string of the molecule is C/C=C\C(C)C1NNc2ccc(C(=O)NCc3cccnc3)cc21. The molecule has 2 aromatic rings. The smallest absolute Gasteiger partial charge is 0.251 e. The first kappa shape index (κ1) is 16.2. The van der Waals surface area contributed by atoms with Crippen molar-refractivity contribution in [3.8, 4) is 0 Å². The predicted octanol–water partition coefficient (Wildman–Crippen LogP) is 3.20. The highest BCUT2D eigenvalue weighted by molar-refractivity contribution is 5.95. The van der Waals surface area contributed by atoms with Crippen LogP contribution < -0.4 is 16.2 Å². The van der Waals surface area contributed by atoms with Crippen LogP contribution in [-0.2, 0) is 6.54 Å². The van der Waals surface area contributed by atoms with Crippen molar-refractivity contribution in [2.24, 2.45) is 5.92 Å². The average Bonchev–Trinajstić information content (AvgIpc) is 3.04. The minimum Gasteiger partial charge on any atom is -0.348 e. The zero-order chi connectivity index (χ0) is 16.9. The average molecular weight is 322 g/mol. The van der Waals surface area contributed by atoms with Crippen molar-refractivity contribution >= 4 is 11.6 Å². The zero-order valence-electron chi connectivity index (χ0n) is 13.9. The first-order valence-electron chi connectivity index (χ1n) is 8.14. The summed E-state index contributed by atoms with van der Waals surface area (Å²) in [6, 6.07) is 9.71. The maximum Gasteiger partial charge on any atom is 0.251 e. The second-order valence-electron chi connectivity index (χ2n) is 5.98. The number of amides is 1. The third-order valence-electron chi connectivity index (χ3n) is 4.21. The third-order valence-corrected chi connectivity index (χ3v) is 4.21. The van der Waals surface area contributed by atoms with Crippen molar-refractivity contribution in [2.75, 3.05) is 5.43 Å². The number of hydrazine groups is 1. The number of carbonyl (C=O) groups excluding carboxylic acids is 1. The first-order valence-corrected chi connectivity index (χ1v) is 8.14. The van der Waals surface area contributed by atoms with E-state index in [1.54, 1.807) is 12.4 Å². The van der Waals surface area contributed by atoms with Crippen LogP contribution in [0.25, 0.3) is 0 Å². The first-order chi connectivity index (χ1) is 11.7. The van der Waals surface area contributed by atoms with Crippen molar-refractivity contribution in [3.63, 3.8) is 0 Å². The highest BCUT2D eigenvalue weighted by Gasteiger charge is 2.26. The van der Waals surface area contributed by atoms with Gasteiger partial charge in [-0.15, -0.1) is 0 Å². The van der Waals surface area contributed by atoms with Gasteiger partial charge in [0.15, 0.2) is 0 Å². The number of allylic oxidation sites excluding steroid dienone is 1. The Morgan fingerprint density at radius 3 is 3.04 bits per heavy atom. The van der Waals surface area contributed by atoms with E-state index in [-0.39, 0.29) is 11.9 Å². The monoisotopic (exact) mass is 322 g/mol. The lowest BCUT2D eigenvalue weighted by molar-refractivity contribution is 0.0951. The standard InChI is InChI=1S/C19H22N4O/c1-3-5-13(2)18-16-10-15(7-8-17(16)22-23-18)19(24)21-12-14-6-4-9-20-11-14/h3-11,13,18,22-23H,12H2,1-2H3,(H,21,24)/b5-3-. The minimum absolute atomic E-state index is 0.0778. The van der Waals surface area contributed by atoms with Gasteiger partial charge in [0, 0.05) is 24.5 Å². The summed E-state index contributed by atoms with van der Waals surface area (Å²) in [7, 11) is 0. The molecule has 0 radical (unpaired) electrons. The van der Waals surface area contributed by atoms with Gasteiger partial charge in [0.05, 0.1) is 11.7 Å². The van der Waals surface area contributed by atoms with Gasteiger partial charge in [-0.05, 0) is 48.2 Å². The lowest BCUT2D eigenvalue weighted by Gasteiger charge is -2.16. The van der Waals surface area contributed by atoms with Crippen molar-refractivity contribution in [1.82, 2.24) is 15.7 Å². The Balaban J connectivity index is 1.73. The molecule has 2 atom stereocenters. The Labute approximate surface area is 142 Å². The largest absolute Gasteiger partial charge is 0.348 e. The molecule has 0 saturated heterocycles. The number of nitrogens with one attached hydrogen (secondary N) is 3. The lowest BCUT2D eigenvalue weighted by Crippen LogP contribution is -2.24. The van der Waals surface area contributed by atoms with E-state index in [9.17, 15) is 4.79 Å². The number of hydrogen-bond acceptors (Lipinski definition) is 4. The van der Waals surface area contributed by atoms with Crippen molar-refractivity contribution < 1.29 is 4.79 Å². The maximum absolute atomic E-state index is 12.4. The summed E-state index contributed by atoms with van der Waals surface area (Å²) in [6.07, 6.45) is 7.68. The number of nitrogens with zero attached hydrogens (tertiary/aromatic N) is 1. The van der Waals surface area contributed by atoms with Gasteiger partial charge in [0.25, 0.3) is 5.91 Å². The van der Waals surface area contributed by atoms with E-state index >= 15 is 0 Å². The van der Waals surface area contributed by atoms with E-state index in [0.717, 1.165) is 16.8 Å². The quantitative estimate of drug-likeness (QED) is 0.740. The minimum atomic E-state index is -0.0778. The fourth-order valence-electron chi connectivity index (χ4n) is 2.92. The number of rotatable bonds is 5. The van der Waals surface area contributed by atoms with Gasteiger partial charge in [0.2, 0.25) is 0 Å². The summed E-state index contributed by atoms with van der Waals surface area (Å²) >= 11 is 0. The van der Waals surface area contributed by atoms with Crippen LogP contribution in [0.15, 0.2) is 54.9 Å². The van der Waals surface area contributed by atoms with E-state index in [0.29, 0.717) is 18.0 Å². The number of fused-ring (bicyclic) bond motifs is 1. The molecule has 0 saturated carbocycles. The van der Waals surface area contributed by atoms with E-state index < -0.39 is 0 Å². The molecule has 3 rings (SSSR count). The normalized spacial score (nSPS) is 17.3. The maximum atomic E-state index is 12.4. The highest BCUT2D eigenvalue weighted by Crippen LogP contribution is 2.34. The second-order valence-corrected chi connectivity index (χ2v) is 5.98. The second kappa shape index (κ2) is 7.27. The van der Waals surface area contributed by atoms with E-state index in [4.69, 9.17) is 0 Å². The van der Waals surface area contributed by atoms with Crippen molar-refractivity contribution in [1.29, 1.82) is 0 Å². The molecular weight excluding hydrogens is 300 g/mol. The third kappa shape index (κ3) is 3.46. The van der Waals surface area contributed by atoms with Crippen molar-refractivity contribution in [2.45, 2.75) is 26.4 Å². The summed E-state index contributed by atoms with van der Waals surface area (Å²) in [6.45, 7) is 4.64. The molecule has 1 amide bonds. The van der Waals surface area contributed by atoms with Crippen LogP contribution in [-0.4, -0.2) is 10.9 Å². The van der Waals surface area contributed by atoms with Gasteiger partial charge in [-0.3, -0.25) is 9.78 Å². The Kier molecular flexibility index (Phi) is 4.91. The fourth-order valence-corrected chi connectivity index (χ4v) is 2.92. The molecule has 0 spiro atoms. The molecule has 1 aliphatic heterocycles. The Bertz CT molecular complexity index is 742. The van der Waals surface area contributed by atoms with E-state index in [1.807, 2.05) is 37.3 Å². The van der Waals surface area contributed by atoms with Crippen LogP contribution in [0.1, 0.15) is 41.4 Å². The zero-order valence-corrected chi connectivity index (χ0v) is 13.9.